The third-order valence-electron chi connectivity index (χ3n) is 5.91. The largest absolute Gasteiger partial charge is 0.369 e. The van der Waals surface area contributed by atoms with Crippen molar-refractivity contribution in [3.8, 4) is 0 Å². The first kappa shape index (κ1) is 27.1. The number of aromatic nitrogens is 3. The number of carbonyl (C=O) groups excluding carboxylic acids is 1. The van der Waals surface area contributed by atoms with Crippen LogP contribution in [-0.2, 0) is 4.74 Å². The number of aromatic amines is 1. The highest BCUT2D eigenvalue weighted by Crippen LogP contribution is 2.32. The van der Waals surface area contributed by atoms with Crippen molar-refractivity contribution in [1.82, 2.24) is 15.0 Å². The highest BCUT2D eigenvalue weighted by molar-refractivity contribution is 7.99. The minimum Gasteiger partial charge on any atom is -0.369 e. The predicted octanol–water partition coefficient (Wildman–Crippen LogP) is 6.92. The summed E-state index contributed by atoms with van der Waals surface area (Å²) in [5.41, 5.74) is 2.06. The summed E-state index contributed by atoms with van der Waals surface area (Å²) in [6.45, 7) is 9.80. The van der Waals surface area contributed by atoms with E-state index in [1.807, 2.05) is 49.5 Å². The minimum atomic E-state index is -0.254. The van der Waals surface area contributed by atoms with Gasteiger partial charge in [0.25, 0.3) is 5.91 Å². The number of anilines is 4. The van der Waals surface area contributed by atoms with E-state index in [0.29, 0.717) is 27.2 Å². The topological polar surface area (TPSA) is 95.2 Å². The Morgan fingerprint density at radius 2 is 1.85 bits per heavy atom. The van der Waals surface area contributed by atoms with Gasteiger partial charge in [0.2, 0.25) is 0 Å². The normalized spacial score (nSPS) is 13.7. The van der Waals surface area contributed by atoms with Crippen LogP contribution in [0.4, 0.5) is 23.1 Å². The number of aryl methyl sites for hydroxylation is 1. The first-order valence-electron chi connectivity index (χ1n) is 12.7. The van der Waals surface area contributed by atoms with E-state index in [4.69, 9.17) is 26.3 Å². The van der Waals surface area contributed by atoms with Crippen LogP contribution in [0.15, 0.2) is 76.9 Å². The summed E-state index contributed by atoms with van der Waals surface area (Å²) < 4.78 is 6.11. The number of amides is 1. The third-order valence-corrected chi connectivity index (χ3v) is 7.12. The summed E-state index contributed by atoms with van der Waals surface area (Å²) in [5.74, 6) is 2.16. The molecule has 39 heavy (non-hydrogen) atoms. The van der Waals surface area contributed by atoms with Crippen LogP contribution in [0, 0.1) is 6.92 Å². The Morgan fingerprint density at radius 1 is 1.10 bits per heavy atom. The number of hydrogen-bond acceptors (Lipinski definition) is 7. The Labute approximate surface area is 237 Å². The molecule has 1 aliphatic rings. The van der Waals surface area contributed by atoms with E-state index in [-0.39, 0.29) is 17.6 Å². The summed E-state index contributed by atoms with van der Waals surface area (Å²) in [4.78, 5) is 28.5. The summed E-state index contributed by atoms with van der Waals surface area (Å²) in [6, 6.07) is 18.5. The fourth-order valence-corrected chi connectivity index (χ4v) is 5.14. The molecule has 202 valence electrons. The van der Waals surface area contributed by atoms with Gasteiger partial charge in [-0.25, -0.2) is 9.97 Å². The summed E-state index contributed by atoms with van der Waals surface area (Å²) in [6.07, 6.45) is 2.11. The molecule has 5 rings (SSSR count). The molecule has 0 unspecified atom stereocenters. The van der Waals surface area contributed by atoms with Crippen LogP contribution in [0.5, 0.6) is 0 Å². The molecule has 0 bridgehead atoms. The molecule has 0 radical (unpaired) electrons. The number of carbonyl (C=O) groups is 1. The van der Waals surface area contributed by atoms with Crippen LogP contribution in [-0.4, -0.2) is 45.7 Å². The third kappa shape index (κ3) is 7.11. The lowest BCUT2D eigenvalue weighted by molar-refractivity contribution is -0.0703. The van der Waals surface area contributed by atoms with Gasteiger partial charge in [0.1, 0.15) is 17.5 Å². The maximum atomic E-state index is 12.6. The number of nitrogens with zero attached hydrogens (tertiary/aromatic N) is 3. The quantitative estimate of drug-likeness (QED) is 0.201. The van der Waals surface area contributed by atoms with Crippen LogP contribution >= 0.6 is 23.4 Å². The standard InChI is InChI=1S/C29H31ClN6O2S/c1-18-13-24(31-15-18)33-25-14-26(36-16-20(17-36)38-29(2,3)4)35-28(34-25)39-21-11-9-19(10-12-21)32-27(37)22-7-5-6-8-23(22)30/h5-15,20,31H,16-17H2,1-4H3,(H,32,37)(H,33,34,35). The Bertz CT molecular complexity index is 1460. The second-order valence-electron chi connectivity index (χ2n) is 10.4. The molecule has 1 saturated heterocycles. The number of halogens is 1. The number of rotatable bonds is 8. The van der Waals surface area contributed by atoms with Gasteiger partial charge < -0.3 is 25.3 Å². The molecule has 2 aromatic heterocycles. The minimum absolute atomic E-state index is 0.173. The fourth-order valence-electron chi connectivity index (χ4n) is 4.15. The van der Waals surface area contributed by atoms with E-state index >= 15 is 0 Å². The van der Waals surface area contributed by atoms with E-state index < -0.39 is 0 Å². The summed E-state index contributed by atoms with van der Waals surface area (Å²) in [5, 5.41) is 7.28. The van der Waals surface area contributed by atoms with Crippen molar-refractivity contribution in [3.63, 3.8) is 0 Å². The number of benzene rings is 2. The molecular formula is C29H31ClN6O2S. The zero-order chi connectivity index (χ0) is 27.6. The molecule has 10 heteroatoms. The first-order valence-corrected chi connectivity index (χ1v) is 13.9. The van der Waals surface area contributed by atoms with Crippen molar-refractivity contribution in [2.24, 2.45) is 0 Å². The molecule has 0 spiro atoms. The average Bonchev–Trinajstić information content (AvgIpc) is 3.26. The van der Waals surface area contributed by atoms with Crippen molar-refractivity contribution in [1.29, 1.82) is 0 Å². The van der Waals surface area contributed by atoms with E-state index in [9.17, 15) is 4.79 Å². The zero-order valence-electron chi connectivity index (χ0n) is 22.3. The Morgan fingerprint density at radius 3 is 2.51 bits per heavy atom. The van der Waals surface area contributed by atoms with Gasteiger partial charge in [-0.15, -0.1) is 0 Å². The first-order chi connectivity index (χ1) is 18.6. The fraction of sp³-hybridized carbons (Fsp3) is 0.276. The molecule has 4 aromatic rings. The summed E-state index contributed by atoms with van der Waals surface area (Å²) in [7, 11) is 0. The van der Waals surface area contributed by atoms with Crippen molar-refractivity contribution in [2.45, 2.75) is 49.5 Å². The lowest BCUT2D eigenvalue weighted by Crippen LogP contribution is -2.54. The Balaban J connectivity index is 1.31. The van der Waals surface area contributed by atoms with Crippen molar-refractivity contribution in [2.75, 3.05) is 28.6 Å². The highest BCUT2D eigenvalue weighted by atomic mass is 35.5. The highest BCUT2D eigenvalue weighted by Gasteiger charge is 2.32. The van der Waals surface area contributed by atoms with Crippen LogP contribution in [0.2, 0.25) is 5.02 Å². The van der Waals surface area contributed by atoms with Gasteiger partial charge in [0, 0.05) is 35.9 Å². The van der Waals surface area contributed by atoms with Gasteiger partial charge in [-0.1, -0.05) is 23.7 Å². The molecule has 0 saturated carbocycles. The predicted molar refractivity (Wildman–Crippen MR) is 158 cm³/mol. The molecule has 8 nitrogen and oxygen atoms in total. The lowest BCUT2D eigenvalue weighted by Gasteiger charge is -2.42. The van der Waals surface area contributed by atoms with E-state index in [1.54, 1.807) is 24.3 Å². The molecule has 2 aromatic carbocycles. The van der Waals surface area contributed by atoms with E-state index in [2.05, 4.69) is 41.3 Å². The van der Waals surface area contributed by atoms with Gasteiger partial charge in [0.05, 0.1) is 22.3 Å². The lowest BCUT2D eigenvalue weighted by atomic mass is 10.1. The van der Waals surface area contributed by atoms with Crippen molar-refractivity contribution in [3.05, 3.63) is 83.0 Å². The number of nitrogens with one attached hydrogen (secondary N) is 3. The van der Waals surface area contributed by atoms with E-state index in [1.165, 1.54) is 11.8 Å². The molecule has 0 aliphatic carbocycles. The van der Waals surface area contributed by atoms with Crippen molar-refractivity contribution < 1.29 is 9.53 Å². The molecular weight excluding hydrogens is 532 g/mol. The number of H-pyrrole nitrogens is 1. The smallest absolute Gasteiger partial charge is 0.257 e. The summed E-state index contributed by atoms with van der Waals surface area (Å²) >= 11 is 7.61. The van der Waals surface area contributed by atoms with Crippen LogP contribution in [0.1, 0.15) is 36.7 Å². The zero-order valence-corrected chi connectivity index (χ0v) is 23.9. The molecule has 1 fully saturated rings. The maximum Gasteiger partial charge on any atom is 0.257 e. The average molecular weight is 563 g/mol. The van der Waals surface area contributed by atoms with Crippen molar-refractivity contribution >= 4 is 52.4 Å². The molecule has 0 atom stereocenters. The second kappa shape index (κ2) is 11.3. The van der Waals surface area contributed by atoms with Crippen LogP contribution in [0.25, 0.3) is 0 Å². The molecule has 1 amide bonds. The van der Waals surface area contributed by atoms with Gasteiger partial charge in [-0.2, -0.15) is 0 Å². The van der Waals surface area contributed by atoms with Crippen LogP contribution in [0.3, 0.4) is 0 Å². The van der Waals surface area contributed by atoms with Gasteiger partial charge in [-0.05, 0) is 87.5 Å². The van der Waals surface area contributed by atoms with Crippen LogP contribution < -0.4 is 15.5 Å². The maximum absolute atomic E-state index is 12.6. The number of ether oxygens (including phenoxy) is 1. The molecule has 3 N–H and O–H groups in total. The monoisotopic (exact) mass is 562 g/mol. The molecule has 1 aliphatic heterocycles. The molecule has 3 heterocycles. The van der Waals surface area contributed by atoms with Gasteiger partial charge in [-0.3, -0.25) is 4.79 Å². The van der Waals surface area contributed by atoms with E-state index in [0.717, 1.165) is 35.2 Å². The SMILES string of the molecule is Cc1c[nH]c(Nc2cc(N3CC(OC(C)(C)C)C3)nc(Sc3ccc(NC(=O)c4ccccc4Cl)cc3)n2)c1. The van der Waals surface area contributed by atoms with Gasteiger partial charge >= 0.3 is 0 Å². The Kier molecular flexibility index (Phi) is 7.83. The van der Waals surface area contributed by atoms with Gasteiger partial charge in [0.15, 0.2) is 5.16 Å². The number of hydrogen-bond donors (Lipinski definition) is 3. The second-order valence-corrected chi connectivity index (χ2v) is 11.9. The Hall–Kier alpha value is -3.53.